The molecule has 0 rings (SSSR count). The van der Waals surface area contributed by atoms with Gasteiger partial charge >= 0.3 is 0 Å². The molecule has 1 amide bonds. The van der Waals surface area contributed by atoms with Crippen LogP contribution in [0, 0.1) is 5.92 Å². The third-order valence-electron chi connectivity index (χ3n) is 1.64. The Morgan fingerprint density at radius 1 is 1.70 bits per heavy atom. The van der Waals surface area contributed by atoms with Crippen LogP contribution >= 0.6 is 0 Å². The second kappa shape index (κ2) is 5.23. The van der Waals surface area contributed by atoms with Crippen molar-refractivity contribution in [2.24, 2.45) is 11.7 Å². The summed E-state index contributed by atoms with van der Waals surface area (Å²) in [5.74, 6) is -0.134. The van der Waals surface area contributed by atoms with E-state index in [2.05, 4.69) is 5.32 Å². The lowest BCUT2D eigenvalue weighted by molar-refractivity contribution is -0.122. The Balaban J connectivity index is 3.50. The molecule has 0 radical (unpaired) electrons. The monoisotopic (exact) mass is 144 g/mol. The summed E-state index contributed by atoms with van der Waals surface area (Å²) in [6, 6.07) is 0. The van der Waals surface area contributed by atoms with Crippen molar-refractivity contribution in [2.45, 2.75) is 19.8 Å². The summed E-state index contributed by atoms with van der Waals surface area (Å²) in [6.45, 7) is 2.84. The molecule has 0 aliphatic carbocycles. The van der Waals surface area contributed by atoms with Crippen LogP contribution < -0.4 is 11.1 Å². The average Bonchev–Trinajstić information content (AvgIpc) is 1.89. The van der Waals surface area contributed by atoms with Crippen LogP contribution in [0.1, 0.15) is 19.8 Å². The Morgan fingerprint density at radius 3 is 2.60 bits per heavy atom. The van der Waals surface area contributed by atoms with Crippen LogP contribution in [-0.2, 0) is 4.79 Å². The van der Waals surface area contributed by atoms with Gasteiger partial charge in [0.2, 0.25) is 5.91 Å². The standard InChI is InChI=1S/C7H16N2O/c1-3-6(7(8)10)4-5-9-2/h6,9H,3-5H2,1-2H3,(H2,8,10). The molecular formula is C7H16N2O. The van der Waals surface area contributed by atoms with E-state index in [-0.39, 0.29) is 11.8 Å². The van der Waals surface area contributed by atoms with Gasteiger partial charge in [-0.05, 0) is 26.4 Å². The molecule has 3 nitrogen and oxygen atoms in total. The van der Waals surface area contributed by atoms with Crippen LogP contribution in [0.3, 0.4) is 0 Å². The number of nitrogens with two attached hydrogens (primary N) is 1. The molecule has 0 aliphatic heterocycles. The fourth-order valence-corrected chi connectivity index (χ4v) is 0.866. The van der Waals surface area contributed by atoms with Crippen molar-refractivity contribution in [3.8, 4) is 0 Å². The van der Waals surface area contributed by atoms with E-state index in [1.165, 1.54) is 0 Å². The highest BCUT2D eigenvalue weighted by Gasteiger charge is 2.10. The molecule has 0 aromatic rings. The summed E-state index contributed by atoms with van der Waals surface area (Å²) in [6.07, 6.45) is 1.69. The van der Waals surface area contributed by atoms with Crippen molar-refractivity contribution in [3.63, 3.8) is 0 Å². The topological polar surface area (TPSA) is 55.1 Å². The normalized spacial score (nSPS) is 13.0. The molecule has 1 atom stereocenters. The van der Waals surface area contributed by atoms with Crippen molar-refractivity contribution >= 4 is 5.91 Å². The van der Waals surface area contributed by atoms with Crippen LogP contribution in [0.2, 0.25) is 0 Å². The lowest BCUT2D eigenvalue weighted by Crippen LogP contribution is -2.25. The summed E-state index contributed by atoms with van der Waals surface area (Å²) >= 11 is 0. The molecule has 0 fully saturated rings. The second-order valence-corrected chi connectivity index (χ2v) is 2.40. The van der Waals surface area contributed by atoms with E-state index in [4.69, 9.17) is 5.73 Å². The lowest BCUT2D eigenvalue weighted by Gasteiger charge is -2.08. The molecular weight excluding hydrogens is 128 g/mol. The maximum atomic E-state index is 10.6. The molecule has 1 unspecified atom stereocenters. The van der Waals surface area contributed by atoms with Gasteiger partial charge in [-0.1, -0.05) is 6.92 Å². The zero-order chi connectivity index (χ0) is 7.98. The Bertz CT molecular complexity index is 104. The second-order valence-electron chi connectivity index (χ2n) is 2.40. The fourth-order valence-electron chi connectivity index (χ4n) is 0.866. The molecule has 0 bridgehead atoms. The summed E-state index contributed by atoms with van der Waals surface area (Å²) in [7, 11) is 1.87. The number of rotatable bonds is 5. The van der Waals surface area contributed by atoms with Gasteiger partial charge in [0.05, 0.1) is 0 Å². The van der Waals surface area contributed by atoms with E-state index in [0.717, 1.165) is 19.4 Å². The number of carbonyl (C=O) groups excluding carboxylic acids is 1. The first-order valence-electron chi connectivity index (χ1n) is 3.66. The van der Waals surface area contributed by atoms with Crippen molar-refractivity contribution in [1.82, 2.24) is 5.32 Å². The predicted octanol–water partition coefficient (Wildman–Crippen LogP) is 0.107. The molecule has 3 N–H and O–H groups in total. The van der Waals surface area contributed by atoms with Crippen molar-refractivity contribution < 1.29 is 4.79 Å². The molecule has 0 saturated carbocycles. The van der Waals surface area contributed by atoms with E-state index < -0.39 is 0 Å². The zero-order valence-electron chi connectivity index (χ0n) is 6.68. The van der Waals surface area contributed by atoms with Crippen molar-refractivity contribution in [3.05, 3.63) is 0 Å². The molecule has 0 aromatic carbocycles. The number of carbonyl (C=O) groups is 1. The SMILES string of the molecule is CCC(CCNC)C(N)=O. The number of primary amides is 1. The van der Waals surface area contributed by atoms with E-state index in [1.54, 1.807) is 0 Å². The Labute approximate surface area is 62.0 Å². The third kappa shape index (κ3) is 3.45. The van der Waals surface area contributed by atoms with Gasteiger partial charge in [0.15, 0.2) is 0 Å². The van der Waals surface area contributed by atoms with E-state index in [0.29, 0.717) is 0 Å². The molecule has 0 heterocycles. The molecule has 60 valence electrons. The highest BCUT2D eigenvalue weighted by Crippen LogP contribution is 2.04. The molecule has 10 heavy (non-hydrogen) atoms. The van der Waals surface area contributed by atoms with Gasteiger partial charge in [-0.15, -0.1) is 0 Å². The minimum atomic E-state index is -0.183. The van der Waals surface area contributed by atoms with Crippen molar-refractivity contribution in [2.75, 3.05) is 13.6 Å². The number of amides is 1. The summed E-state index contributed by atoms with van der Waals surface area (Å²) < 4.78 is 0. The summed E-state index contributed by atoms with van der Waals surface area (Å²) in [4.78, 5) is 10.6. The molecule has 0 aromatic heterocycles. The Morgan fingerprint density at radius 2 is 2.30 bits per heavy atom. The molecule has 3 heteroatoms. The minimum Gasteiger partial charge on any atom is -0.369 e. The largest absolute Gasteiger partial charge is 0.369 e. The predicted molar refractivity (Wildman–Crippen MR) is 41.5 cm³/mol. The maximum absolute atomic E-state index is 10.6. The molecule has 0 aliphatic rings. The van der Waals surface area contributed by atoms with Gasteiger partial charge in [-0.25, -0.2) is 0 Å². The van der Waals surface area contributed by atoms with E-state index in [1.807, 2.05) is 14.0 Å². The van der Waals surface area contributed by atoms with Gasteiger partial charge in [0, 0.05) is 5.92 Å². The summed E-state index contributed by atoms with van der Waals surface area (Å²) in [5, 5.41) is 2.98. The third-order valence-corrected chi connectivity index (χ3v) is 1.64. The van der Waals surface area contributed by atoms with E-state index >= 15 is 0 Å². The molecule has 0 spiro atoms. The van der Waals surface area contributed by atoms with E-state index in [9.17, 15) is 4.79 Å². The lowest BCUT2D eigenvalue weighted by atomic mass is 10.0. The highest BCUT2D eigenvalue weighted by molar-refractivity contribution is 5.76. The van der Waals surface area contributed by atoms with Gasteiger partial charge in [0.1, 0.15) is 0 Å². The first kappa shape index (κ1) is 9.43. The average molecular weight is 144 g/mol. The smallest absolute Gasteiger partial charge is 0.220 e. The number of hydrogen-bond donors (Lipinski definition) is 2. The highest BCUT2D eigenvalue weighted by atomic mass is 16.1. The van der Waals surface area contributed by atoms with Gasteiger partial charge in [-0.2, -0.15) is 0 Å². The number of nitrogens with one attached hydrogen (secondary N) is 1. The van der Waals surface area contributed by atoms with Gasteiger partial charge < -0.3 is 11.1 Å². The quantitative estimate of drug-likeness (QED) is 0.575. The summed E-state index contributed by atoms with van der Waals surface area (Å²) in [5.41, 5.74) is 5.12. The minimum absolute atomic E-state index is 0.0486. The van der Waals surface area contributed by atoms with Crippen LogP contribution in [-0.4, -0.2) is 19.5 Å². The van der Waals surface area contributed by atoms with Gasteiger partial charge in [0.25, 0.3) is 0 Å². The van der Waals surface area contributed by atoms with Crippen LogP contribution in [0.15, 0.2) is 0 Å². The zero-order valence-corrected chi connectivity index (χ0v) is 6.68. The van der Waals surface area contributed by atoms with Gasteiger partial charge in [-0.3, -0.25) is 4.79 Å². The molecule has 0 saturated heterocycles. The fraction of sp³-hybridized carbons (Fsp3) is 0.857. The Hall–Kier alpha value is -0.570. The van der Waals surface area contributed by atoms with Crippen LogP contribution in [0.25, 0.3) is 0 Å². The first-order chi connectivity index (χ1) is 4.72. The number of hydrogen-bond acceptors (Lipinski definition) is 2. The Kier molecular flexibility index (Phi) is 4.94. The van der Waals surface area contributed by atoms with Crippen LogP contribution in [0.4, 0.5) is 0 Å². The van der Waals surface area contributed by atoms with Crippen LogP contribution in [0.5, 0.6) is 0 Å². The van der Waals surface area contributed by atoms with Crippen molar-refractivity contribution in [1.29, 1.82) is 0 Å². The first-order valence-corrected chi connectivity index (χ1v) is 3.66. The maximum Gasteiger partial charge on any atom is 0.220 e.